The van der Waals surface area contributed by atoms with E-state index in [1.807, 2.05) is 30.9 Å². The quantitative estimate of drug-likeness (QED) is 0.763. The molecule has 2 aromatic rings. The van der Waals surface area contributed by atoms with Crippen molar-refractivity contribution in [3.63, 3.8) is 0 Å². The van der Waals surface area contributed by atoms with Gasteiger partial charge in [-0.25, -0.2) is 16.8 Å². The molecule has 2 rings (SSSR count). The Kier molecular flexibility index (Phi) is 5.53. The number of sulfone groups is 2. The summed E-state index contributed by atoms with van der Waals surface area (Å²) in [4.78, 5) is 6.02. The molecule has 0 saturated heterocycles. The molecule has 0 spiro atoms. The molecule has 0 bridgehead atoms. The average molecular weight is 383 g/mol. The van der Waals surface area contributed by atoms with Gasteiger partial charge in [-0.2, -0.15) is 0 Å². The lowest BCUT2D eigenvalue weighted by atomic mass is 10.1. The highest BCUT2D eigenvalue weighted by molar-refractivity contribution is 7.91. The van der Waals surface area contributed by atoms with E-state index in [4.69, 9.17) is 0 Å². The molecule has 6 nitrogen and oxygen atoms in total. The van der Waals surface area contributed by atoms with Crippen molar-refractivity contribution in [2.24, 2.45) is 0 Å². The molecule has 0 fully saturated rings. The van der Waals surface area contributed by atoms with E-state index in [2.05, 4.69) is 4.98 Å². The highest BCUT2D eigenvalue weighted by Crippen LogP contribution is 2.33. The summed E-state index contributed by atoms with van der Waals surface area (Å²) in [6.07, 6.45) is 5.55. The van der Waals surface area contributed by atoms with E-state index in [0.29, 0.717) is 12.2 Å². The molecule has 1 heterocycles. The van der Waals surface area contributed by atoms with Crippen molar-refractivity contribution in [3.8, 4) is 0 Å². The molecule has 0 aliphatic rings. The van der Waals surface area contributed by atoms with Crippen LogP contribution in [0.1, 0.15) is 25.5 Å². The summed E-state index contributed by atoms with van der Waals surface area (Å²) in [6, 6.07) is 7.86. The van der Waals surface area contributed by atoms with Gasteiger partial charge < -0.3 is 4.90 Å². The highest BCUT2D eigenvalue weighted by atomic mass is 32.2. The lowest BCUT2D eigenvalue weighted by Gasteiger charge is -2.32. The van der Waals surface area contributed by atoms with Crippen LogP contribution >= 0.6 is 0 Å². The van der Waals surface area contributed by atoms with E-state index in [-0.39, 0.29) is 15.8 Å². The molecule has 25 heavy (non-hydrogen) atoms. The van der Waals surface area contributed by atoms with Gasteiger partial charge in [-0.05, 0) is 43.7 Å². The number of anilines is 1. The third-order valence-electron chi connectivity index (χ3n) is 4.04. The second kappa shape index (κ2) is 7.13. The van der Waals surface area contributed by atoms with E-state index >= 15 is 0 Å². The molecule has 0 saturated carbocycles. The van der Waals surface area contributed by atoms with Crippen LogP contribution in [-0.2, 0) is 19.7 Å². The van der Waals surface area contributed by atoms with Gasteiger partial charge in [0.15, 0.2) is 19.7 Å². The first kappa shape index (κ1) is 19.4. The van der Waals surface area contributed by atoms with Crippen LogP contribution < -0.4 is 4.90 Å². The summed E-state index contributed by atoms with van der Waals surface area (Å²) in [5.41, 5.74) is 1.42. The molecule has 0 amide bonds. The van der Waals surface area contributed by atoms with Gasteiger partial charge in [0.1, 0.15) is 0 Å². The van der Waals surface area contributed by atoms with Crippen LogP contribution in [-0.4, -0.2) is 40.9 Å². The maximum Gasteiger partial charge on any atom is 0.177 e. The molecular formula is C17H22N2O4S2. The maximum atomic E-state index is 12.3. The Morgan fingerprint density at radius 2 is 1.76 bits per heavy atom. The van der Waals surface area contributed by atoms with Gasteiger partial charge in [0, 0.05) is 31.4 Å². The van der Waals surface area contributed by atoms with Gasteiger partial charge in [-0.15, -0.1) is 0 Å². The lowest BCUT2D eigenvalue weighted by molar-refractivity contribution is 0.598. The fraction of sp³-hybridized carbons (Fsp3) is 0.353. The Balaban J connectivity index is 2.63. The van der Waals surface area contributed by atoms with Crippen molar-refractivity contribution in [2.45, 2.75) is 29.7 Å². The van der Waals surface area contributed by atoms with E-state index in [1.54, 1.807) is 18.5 Å². The predicted octanol–water partition coefficient (Wildman–Crippen LogP) is 2.48. The van der Waals surface area contributed by atoms with Crippen molar-refractivity contribution in [1.82, 2.24) is 4.98 Å². The number of rotatable bonds is 6. The first-order valence-corrected chi connectivity index (χ1v) is 11.5. The highest BCUT2D eigenvalue weighted by Gasteiger charge is 2.24. The summed E-state index contributed by atoms with van der Waals surface area (Å²) < 4.78 is 48.2. The Morgan fingerprint density at radius 3 is 2.24 bits per heavy atom. The van der Waals surface area contributed by atoms with Crippen LogP contribution in [0.25, 0.3) is 0 Å². The minimum atomic E-state index is -3.61. The summed E-state index contributed by atoms with van der Waals surface area (Å²) in [5.74, 6) is 0. The second-order valence-corrected chi connectivity index (χ2v) is 9.92. The summed E-state index contributed by atoms with van der Waals surface area (Å²) >= 11 is 0. The van der Waals surface area contributed by atoms with Crippen LogP contribution in [0.15, 0.2) is 52.5 Å². The van der Waals surface area contributed by atoms with Crippen molar-refractivity contribution < 1.29 is 16.8 Å². The largest absolute Gasteiger partial charge is 0.364 e. The number of hydrogen-bond acceptors (Lipinski definition) is 6. The Labute approximate surface area is 149 Å². The first-order chi connectivity index (χ1) is 11.6. The van der Waals surface area contributed by atoms with Crippen LogP contribution in [0.5, 0.6) is 0 Å². The fourth-order valence-corrected chi connectivity index (χ4v) is 4.34. The van der Waals surface area contributed by atoms with E-state index in [0.717, 1.165) is 18.1 Å². The second-order valence-electron chi connectivity index (χ2n) is 5.92. The molecule has 136 valence electrons. The fourth-order valence-electron chi connectivity index (χ4n) is 2.72. The SMILES string of the molecule is CCN(c1ccc(S(C)(=O)=O)cc1S(C)(=O)=O)C(C)c1cccnc1. The number of nitrogens with zero attached hydrogens (tertiary/aromatic N) is 2. The monoisotopic (exact) mass is 382 g/mol. The normalized spacial score (nSPS) is 13.4. The summed E-state index contributed by atoms with van der Waals surface area (Å²) in [5, 5.41) is 0. The molecule has 0 radical (unpaired) electrons. The Bertz CT molecular complexity index is 955. The third kappa shape index (κ3) is 4.38. The lowest BCUT2D eigenvalue weighted by Crippen LogP contribution is -2.28. The van der Waals surface area contributed by atoms with Gasteiger partial charge >= 0.3 is 0 Å². The Morgan fingerprint density at radius 1 is 1.08 bits per heavy atom. The molecule has 1 aromatic heterocycles. The van der Waals surface area contributed by atoms with Gasteiger partial charge in [-0.1, -0.05) is 6.07 Å². The molecule has 1 atom stereocenters. The topological polar surface area (TPSA) is 84.4 Å². The molecule has 0 N–H and O–H groups in total. The van der Waals surface area contributed by atoms with Gasteiger partial charge in [0.05, 0.1) is 21.5 Å². The van der Waals surface area contributed by atoms with Crippen LogP contribution in [0.2, 0.25) is 0 Å². The molecule has 1 aromatic carbocycles. The molecular weight excluding hydrogens is 360 g/mol. The smallest absolute Gasteiger partial charge is 0.177 e. The van der Waals surface area contributed by atoms with E-state index in [1.165, 1.54) is 12.1 Å². The van der Waals surface area contributed by atoms with E-state index in [9.17, 15) is 16.8 Å². The number of aromatic nitrogens is 1. The van der Waals surface area contributed by atoms with Crippen LogP contribution in [0, 0.1) is 0 Å². The van der Waals surface area contributed by atoms with Gasteiger partial charge in [-0.3, -0.25) is 4.98 Å². The zero-order valence-corrected chi connectivity index (χ0v) is 16.3. The number of hydrogen-bond donors (Lipinski definition) is 0. The zero-order chi connectivity index (χ0) is 18.8. The van der Waals surface area contributed by atoms with E-state index < -0.39 is 19.7 Å². The molecule has 0 aliphatic carbocycles. The Hall–Kier alpha value is -1.93. The van der Waals surface area contributed by atoms with Crippen molar-refractivity contribution in [1.29, 1.82) is 0 Å². The summed E-state index contributed by atoms with van der Waals surface area (Å²) in [6.45, 7) is 4.43. The zero-order valence-electron chi connectivity index (χ0n) is 14.7. The van der Waals surface area contributed by atoms with Crippen molar-refractivity contribution in [2.75, 3.05) is 24.0 Å². The minimum Gasteiger partial charge on any atom is -0.364 e. The molecule has 8 heteroatoms. The predicted molar refractivity (Wildman–Crippen MR) is 98.3 cm³/mol. The number of pyridine rings is 1. The minimum absolute atomic E-state index is 0.00742. The third-order valence-corrected chi connectivity index (χ3v) is 6.28. The van der Waals surface area contributed by atoms with Crippen LogP contribution in [0.3, 0.4) is 0 Å². The molecule has 1 unspecified atom stereocenters. The van der Waals surface area contributed by atoms with Crippen molar-refractivity contribution in [3.05, 3.63) is 48.3 Å². The molecule has 0 aliphatic heterocycles. The number of benzene rings is 1. The van der Waals surface area contributed by atoms with Crippen molar-refractivity contribution >= 4 is 25.4 Å². The first-order valence-electron chi connectivity index (χ1n) is 7.76. The van der Waals surface area contributed by atoms with Gasteiger partial charge in [0.2, 0.25) is 0 Å². The van der Waals surface area contributed by atoms with Gasteiger partial charge in [0.25, 0.3) is 0 Å². The summed E-state index contributed by atoms with van der Waals surface area (Å²) in [7, 11) is -7.11. The maximum absolute atomic E-state index is 12.3. The standard InChI is InChI=1S/C17H22N2O4S2/c1-5-19(13(2)14-7-6-10-18-12-14)16-9-8-15(24(3,20)21)11-17(16)25(4,22)23/h6-13H,5H2,1-4H3. The average Bonchev–Trinajstić information content (AvgIpc) is 2.54. The van der Waals surface area contributed by atoms with Crippen LogP contribution in [0.4, 0.5) is 5.69 Å².